The molecule has 0 saturated heterocycles. The van der Waals surface area contributed by atoms with Gasteiger partial charge >= 0.3 is 0 Å². The molecule has 0 atom stereocenters. The van der Waals surface area contributed by atoms with E-state index in [1.807, 2.05) is 65.7 Å². The lowest BCUT2D eigenvalue weighted by atomic mass is 10.3. The third kappa shape index (κ3) is 1.90. The highest BCUT2D eigenvalue weighted by molar-refractivity contribution is 5.86. The van der Waals surface area contributed by atoms with Crippen molar-refractivity contribution in [3.8, 4) is 0 Å². The van der Waals surface area contributed by atoms with E-state index in [1.54, 1.807) is 6.21 Å². The zero-order valence-electron chi connectivity index (χ0n) is 12.4. The van der Waals surface area contributed by atoms with E-state index in [9.17, 15) is 0 Å². The molecule has 0 bridgehead atoms. The maximum Gasteiger partial charge on any atom is 0.230 e. The van der Waals surface area contributed by atoms with Gasteiger partial charge in [-0.25, -0.2) is 15.0 Å². The summed E-state index contributed by atoms with van der Waals surface area (Å²) in [4.78, 5) is 13.6. The molecule has 0 fully saturated rings. The van der Waals surface area contributed by atoms with Crippen LogP contribution in [0.5, 0.6) is 0 Å². The molecule has 108 valence electrons. The van der Waals surface area contributed by atoms with Crippen molar-refractivity contribution >= 4 is 34.2 Å². The first-order valence-corrected chi connectivity index (χ1v) is 7.11. The zero-order chi connectivity index (χ0) is 15.1. The van der Waals surface area contributed by atoms with Gasteiger partial charge in [0.1, 0.15) is 0 Å². The van der Waals surface area contributed by atoms with Crippen LogP contribution in [0.4, 0.5) is 5.95 Å². The van der Waals surface area contributed by atoms with E-state index in [2.05, 4.69) is 21.0 Å². The molecule has 0 aliphatic heterocycles. The molecule has 0 spiro atoms. The van der Waals surface area contributed by atoms with Gasteiger partial charge in [-0.1, -0.05) is 24.3 Å². The number of aryl methyl sites for hydroxylation is 2. The first-order chi connectivity index (χ1) is 10.7. The molecule has 22 heavy (non-hydrogen) atoms. The second-order valence-electron chi connectivity index (χ2n) is 5.24. The summed E-state index contributed by atoms with van der Waals surface area (Å²) in [5, 5.41) is 0. The molecule has 0 aliphatic carbocycles. The highest BCUT2D eigenvalue weighted by atomic mass is 15.2. The predicted molar refractivity (Wildman–Crippen MR) is 88.7 cm³/mol. The lowest BCUT2D eigenvalue weighted by Gasteiger charge is -1.97. The van der Waals surface area contributed by atoms with Crippen LogP contribution in [0.1, 0.15) is 5.82 Å². The van der Waals surface area contributed by atoms with Crippen molar-refractivity contribution in [2.75, 3.05) is 0 Å². The third-order valence-electron chi connectivity index (χ3n) is 3.88. The maximum atomic E-state index is 4.59. The van der Waals surface area contributed by atoms with E-state index in [-0.39, 0.29) is 0 Å². The predicted octanol–water partition coefficient (Wildman–Crippen LogP) is 3.21. The van der Waals surface area contributed by atoms with Crippen molar-refractivity contribution in [3.63, 3.8) is 0 Å². The molecule has 0 aliphatic rings. The van der Waals surface area contributed by atoms with Crippen LogP contribution in [0.2, 0.25) is 0 Å². The topological polar surface area (TPSA) is 48.0 Å². The van der Waals surface area contributed by atoms with Crippen LogP contribution in [0.3, 0.4) is 0 Å². The molecule has 4 rings (SSSR count). The molecule has 2 aromatic heterocycles. The standard InChI is InChI=1S/C17H15N5/c1-21-14-9-5-3-7-12(14)19-16(21)11-18-17-20-13-8-4-6-10-15(13)22(17)2/h3-11H,1-2H3. The number of hydrogen-bond acceptors (Lipinski definition) is 3. The van der Waals surface area contributed by atoms with Gasteiger partial charge in [0, 0.05) is 14.1 Å². The van der Waals surface area contributed by atoms with Gasteiger partial charge in [0.15, 0.2) is 5.82 Å². The highest BCUT2D eigenvalue weighted by Crippen LogP contribution is 2.20. The van der Waals surface area contributed by atoms with Crippen LogP contribution < -0.4 is 0 Å². The fourth-order valence-corrected chi connectivity index (χ4v) is 2.64. The normalized spacial score (nSPS) is 11.9. The molecule has 0 saturated carbocycles. The van der Waals surface area contributed by atoms with Gasteiger partial charge in [0.2, 0.25) is 5.95 Å². The average molecular weight is 289 g/mol. The summed E-state index contributed by atoms with van der Waals surface area (Å²) in [5.41, 5.74) is 4.08. The minimum Gasteiger partial charge on any atom is -0.326 e. The minimum atomic E-state index is 0.674. The Hall–Kier alpha value is -2.95. The summed E-state index contributed by atoms with van der Waals surface area (Å²) >= 11 is 0. The molecule has 5 heteroatoms. The lowest BCUT2D eigenvalue weighted by molar-refractivity contribution is 0.926. The van der Waals surface area contributed by atoms with Crippen LogP contribution in [-0.2, 0) is 14.1 Å². The average Bonchev–Trinajstić information content (AvgIpc) is 3.04. The fraction of sp³-hybridized carbons (Fsp3) is 0.118. The Labute approximate surface area is 127 Å². The Bertz CT molecular complexity index is 924. The number of imidazole rings is 2. The van der Waals surface area contributed by atoms with Crippen molar-refractivity contribution in [2.45, 2.75) is 0 Å². The number of aromatic nitrogens is 4. The summed E-state index contributed by atoms with van der Waals surface area (Å²) in [6.45, 7) is 0. The molecule has 2 aromatic carbocycles. The molecular formula is C17H15N5. The number of benzene rings is 2. The Kier molecular flexibility index (Phi) is 2.79. The molecule has 0 N–H and O–H groups in total. The van der Waals surface area contributed by atoms with Gasteiger partial charge in [-0.15, -0.1) is 0 Å². The van der Waals surface area contributed by atoms with E-state index in [4.69, 9.17) is 0 Å². The van der Waals surface area contributed by atoms with E-state index in [0.29, 0.717) is 5.95 Å². The molecule has 4 aromatic rings. The van der Waals surface area contributed by atoms with Crippen LogP contribution in [0.15, 0.2) is 53.5 Å². The van der Waals surface area contributed by atoms with E-state index >= 15 is 0 Å². The quantitative estimate of drug-likeness (QED) is 0.532. The molecule has 0 radical (unpaired) electrons. The van der Waals surface area contributed by atoms with Crippen LogP contribution in [0.25, 0.3) is 22.1 Å². The van der Waals surface area contributed by atoms with Gasteiger partial charge in [-0.05, 0) is 24.3 Å². The fourth-order valence-electron chi connectivity index (χ4n) is 2.64. The van der Waals surface area contributed by atoms with Crippen molar-refractivity contribution in [2.24, 2.45) is 19.1 Å². The van der Waals surface area contributed by atoms with Crippen molar-refractivity contribution in [3.05, 3.63) is 54.4 Å². The van der Waals surface area contributed by atoms with Gasteiger partial charge < -0.3 is 9.13 Å². The second-order valence-corrected chi connectivity index (χ2v) is 5.24. The molecule has 0 amide bonds. The van der Waals surface area contributed by atoms with Gasteiger partial charge in [0.25, 0.3) is 0 Å². The summed E-state index contributed by atoms with van der Waals surface area (Å²) in [6, 6.07) is 16.1. The number of hydrogen-bond donors (Lipinski definition) is 0. The summed E-state index contributed by atoms with van der Waals surface area (Å²) < 4.78 is 4.01. The van der Waals surface area contributed by atoms with Gasteiger partial charge in [0.05, 0.1) is 28.3 Å². The second kappa shape index (κ2) is 4.80. The van der Waals surface area contributed by atoms with Crippen molar-refractivity contribution < 1.29 is 0 Å². The van der Waals surface area contributed by atoms with E-state index in [0.717, 1.165) is 27.9 Å². The Morgan fingerprint density at radius 1 is 0.818 bits per heavy atom. The van der Waals surface area contributed by atoms with E-state index < -0.39 is 0 Å². The van der Waals surface area contributed by atoms with Gasteiger partial charge in [-0.3, -0.25) is 0 Å². The summed E-state index contributed by atoms with van der Waals surface area (Å²) in [6.07, 6.45) is 1.77. The Morgan fingerprint density at radius 3 is 2.05 bits per heavy atom. The number of nitrogens with zero attached hydrogens (tertiary/aromatic N) is 5. The maximum absolute atomic E-state index is 4.59. The van der Waals surface area contributed by atoms with Crippen molar-refractivity contribution in [1.29, 1.82) is 0 Å². The van der Waals surface area contributed by atoms with Crippen molar-refractivity contribution in [1.82, 2.24) is 19.1 Å². The zero-order valence-corrected chi connectivity index (χ0v) is 12.4. The van der Waals surface area contributed by atoms with Gasteiger partial charge in [-0.2, -0.15) is 0 Å². The van der Waals surface area contributed by atoms with Crippen LogP contribution >= 0.6 is 0 Å². The molecule has 2 heterocycles. The van der Waals surface area contributed by atoms with Crippen LogP contribution in [0, 0.1) is 0 Å². The van der Waals surface area contributed by atoms with E-state index in [1.165, 1.54) is 0 Å². The first kappa shape index (κ1) is 12.8. The molecule has 5 nitrogen and oxygen atoms in total. The molecule has 0 unspecified atom stereocenters. The number of fused-ring (bicyclic) bond motifs is 2. The monoisotopic (exact) mass is 289 g/mol. The number of para-hydroxylation sites is 4. The SMILES string of the molecule is Cn1c(C=Nc2nc3ccccc3n2C)nc2ccccc21. The minimum absolute atomic E-state index is 0.674. The molecular weight excluding hydrogens is 274 g/mol. The number of aliphatic imine (C=N–C) groups is 1. The Balaban J connectivity index is 1.79. The largest absolute Gasteiger partial charge is 0.326 e. The summed E-state index contributed by atoms with van der Waals surface area (Å²) in [7, 11) is 3.96. The first-order valence-electron chi connectivity index (χ1n) is 7.11. The third-order valence-corrected chi connectivity index (χ3v) is 3.88. The smallest absolute Gasteiger partial charge is 0.230 e. The Morgan fingerprint density at radius 2 is 1.41 bits per heavy atom. The summed E-state index contributed by atoms with van der Waals surface area (Å²) in [5.74, 6) is 1.49. The van der Waals surface area contributed by atoms with Crippen LogP contribution in [-0.4, -0.2) is 25.3 Å². The number of rotatable bonds is 2. The highest BCUT2D eigenvalue weighted by Gasteiger charge is 2.07. The lowest BCUT2D eigenvalue weighted by Crippen LogP contribution is -1.96.